The number of fused-ring (bicyclic) bond motifs is 1. The highest BCUT2D eigenvalue weighted by Crippen LogP contribution is 2.29. The number of benzene rings is 1. The highest BCUT2D eigenvalue weighted by Gasteiger charge is 2.25. The molecule has 0 radical (unpaired) electrons. The zero-order chi connectivity index (χ0) is 17.8. The van der Waals surface area contributed by atoms with E-state index in [4.69, 9.17) is 0 Å². The van der Waals surface area contributed by atoms with Gasteiger partial charge in [-0.05, 0) is 12.5 Å². The lowest BCUT2D eigenvalue weighted by Gasteiger charge is -2.20. The minimum absolute atomic E-state index is 0. The molecule has 3 rings (SSSR count). The van der Waals surface area contributed by atoms with Crippen molar-refractivity contribution in [2.45, 2.75) is 39.0 Å². The fourth-order valence-electron chi connectivity index (χ4n) is 3.01. The smallest absolute Gasteiger partial charge is 0.387 e. The fourth-order valence-corrected chi connectivity index (χ4v) is 3.01. The summed E-state index contributed by atoms with van der Waals surface area (Å²) in [4.78, 5) is 12.6. The zero-order valence-corrected chi connectivity index (χ0v) is 15.0. The average Bonchev–Trinajstić information content (AvgIpc) is 3.04. The number of halogens is 3. The van der Waals surface area contributed by atoms with E-state index in [0.717, 1.165) is 24.2 Å². The van der Waals surface area contributed by atoms with E-state index in [2.05, 4.69) is 25.6 Å². The molecule has 2 heterocycles. The van der Waals surface area contributed by atoms with Crippen molar-refractivity contribution >= 4 is 18.3 Å². The first-order valence-corrected chi connectivity index (χ1v) is 8.21. The first kappa shape index (κ1) is 20.1. The number of amides is 1. The van der Waals surface area contributed by atoms with E-state index in [0.29, 0.717) is 24.2 Å². The number of H-pyrrole nitrogens is 1. The lowest BCUT2D eigenvalue weighted by atomic mass is 10.0. The maximum Gasteiger partial charge on any atom is 0.387 e. The first-order chi connectivity index (χ1) is 12.1. The predicted molar refractivity (Wildman–Crippen MR) is 94.8 cm³/mol. The molecule has 9 heteroatoms. The van der Waals surface area contributed by atoms with Gasteiger partial charge < -0.3 is 15.4 Å². The van der Waals surface area contributed by atoms with Gasteiger partial charge >= 0.3 is 6.61 Å². The van der Waals surface area contributed by atoms with Crippen LogP contribution in [0.15, 0.2) is 24.3 Å². The lowest BCUT2D eigenvalue weighted by molar-refractivity contribution is -0.0506. The van der Waals surface area contributed by atoms with Crippen LogP contribution in [0.1, 0.15) is 46.7 Å². The van der Waals surface area contributed by atoms with Gasteiger partial charge in [0.15, 0.2) is 5.69 Å². The second-order valence-corrected chi connectivity index (χ2v) is 5.81. The molecule has 0 fully saturated rings. The number of hydrogen-bond donors (Lipinski definition) is 3. The number of aromatic amines is 1. The highest BCUT2D eigenvalue weighted by molar-refractivity contribution is 5.94. The normalized spacial score (nSPS) is 14.3. The van der Waals surface area contributed by atoms with Crippen LogP contribution < -0.4 is 15.4 Å². The Balaban J connectivity index is 0.00000243. The SMILES string of the molecule is CCC(NC(=O)c1n[nH]c2c1CNCC2)c1ccccc1OC(F)F.Cl. The predicted octanol–water partition coefficient (Wildman–Crippen LogP) is 2.96. The van der Waals surface area contributed by atoms with Gasteiger partial charge in [-0.1, -0.05) is 25.1 Å². The number of alkyl halides is 2. The molecule has 1 aromatic heterocycles. The molecule has 1 amide bonds. The Hall–Kier alpha value is -2.19. The Bertz CT molecular complexity index is 754. The molecule has 6 nitrogen and oxygen atoms in total. The summed E-state index contributed by atoms with van der Waals surface area (Å²) in [5.41, 5.74) is 2.67. The summed E-state index contributed by atoms with van der Waals surface area (Å²) in [6.07, 6.45) is 1.32. The summed E-state index contributed by atoms with van der Waals surface area (Å²) < 4.78 is 29.8. The summed E-state index contributed by atoms with van der Waals surface area (Å²) in [5, 5.41) is 13.1. The summed E-state index contributed by atoms with van der Waals surface area (Å²) in [7, 11) is 0. The van der Waals surface area contributed by atoms with E-state index < -0.39 is 12.7 Å². The van der Waals surface area contributed by atoms with Gasteiger partial charge in [-0.2, -0.15) is 13.9 Å². The molecule has 1 aromatic carbocycles. The standard InChI is InChI=1S/C17H20F2N4O2.ClH/c1-2-12(10-5-3-4-6-14(10)25-17(18)19)21-16(24)15-11-9-20-8-7-13(11)22-23-15;/h3-6,12,17,20H,2,7-9H2,1H3,(H,21,24)(H,22,23);1H. The van der Waals surface area contributed by atoms with Gasteiger partial charge in [0.2, 0.25) is 0 Å². The van der Waals surface area contributed by atoms with Crippen LogP contribution >= 0.6 is 12.4 Å². The lowest BCUT2D eigenvalue weighted by Crippen LogP contribution is -2.31. The van der Waals surface area contributed by atoms with Crippen LogP contribution in [-0.4, -0.2) is 29.3 Å². The van der Waals surface area contributed by atoms with Gasteiger partial charge in [-0.15, -0.1) is 12.4 Å². The Morgan fingerprint density at radius 3 is 2.88 bits per heavy atom. The molecule has 3 N–H and O–H groups in total. The maximum absolute atomic E-state index is 12.6. The van der Waals surface area contributed by atoms with E-state index in [1.165, 1.54) is 6.07 Å². The van der Waals surface area contributed by atoms with Gasteiger partial charge in [0, 0.05) is 36.3 Å². The fraction of sp³-hybridized carbons (Fsp3) is 0.412. The number of aromatic nitrogens is 2. The summed E-state index contributed by atoms with van der Waals surface area (Å²) in [5.74, 6) is -0.268. The topological polar surface area (TPSA) is 79.0 Å². The third-order valence-electron chi connectivity index (χ3n) is 4.25. The summed E-state index contributed by atoms with van der Waals surface area (Å²) >= 11 is 0. The van der Waals surface area contributed by atoms with Crippen molar-refractivity contribution in [2.75, 3.05) is 6.54 Å². The van der Waals surface area contributed by atoms with Gasteiger partial charge in [0.05, 0.1) is 6.04 Å². The van der Waals surface area contributed by atoms with E-state index >= 15 is 0 Å². The van der Waals surface area contributed by atoms with Crippen LogP contribution in [0, 0.1) is 0 Å². The van der Waals surface area contributed by atoms with Crippen molar-refractivity contribution < 1.29 is 18.3 Å². The molecule has 1 aliphatic rings. The van der Waals surface area contributed by atoms with Crippen molar-refractivity contribution in [2.24, 2.45) is 0 Å². The summed E-state index contributed by atoms with van der Waals surface area (Å²) in [6.45, 7) is 0.368. The van der Waals surface area contributed by atoms with Crippen LogP contribution in [0.4, 0.5) is 8.78 Å². The Morgan fingerprint density at radius 2 is 2.15 bits per heavy atom. The van der Waals surface area contributed by atoms with Crippen molar-refractivity contribution in [3.8, 4) is 5.75 Å². The molecule has 0 saturated carbocycles. The molecule has 26 heavy (non-hydrogen) atoms. The molecule has 0 saturated heterocycles. The molecule has 1 aliphatic heterocycles. The molecule has 142 valence electrons. The Morgan fingerprint density at radius 1 is 1.38 bits per heavy atom. The number of hydrogen-bond acceptors (Lipinski definition) is 4. The van der Waals surface area contributed by atoms with Crippen LogP contribution in [-0.2, 0) is 13.0 Å². The number of nitrogens with zero attached hydrogens (tertiary/aromatic N) is 1. The Labute approximate surface area is 156 Å². The average molecular weight is 387 g/mol. The van der Waals surface area contributed by atoms with Gasteiger partial charge in [-0.3, -0.25) is 9.89 Å². The number of rotatable bonds is 6. The van der Waals surface area contributed by atoms with Crippen molar-refractivity contribution in [1.82, 2.24) is 20.8 Å². The molecule has 0 bridgehead atoms. The Kier molecular flexibility index (Phi) is 6.93. The quantitative estimate of drug-likeness (QED) is 0.713. The minimum atomic E-state index is -2.92. The molecule has 0 spiro atoms. The van der Waals surface area contributed by atoms with Crippen LogP contribution in [0.5, 0.6) is 5.75 Å². The molecule has 1 atom stereocenters. The first-order valence-electron chi connectivity index (χ1n) is 8.21. The monoisotopic (exact) mass is 386 g/mol. The number of ether oxygens (including phenoxy) is 1. The summed E-state index contributed by atoms with van der Waals surface area (Å²) in [6, 6.07) is 6.03. The molecular weight excluding hydrogens is 366 g/mol. The highest BCUT2D eigenvalue weighted by atomic mass is 35.5. The second kappa shape index (κ2) is 8.95. The number of para-hydroxylation sites is 1. The molecule has 1 unspecified atom stereocenters. The third kappa shape index (κ3) is 4.31. The van der Waals surface area contributed by atoms with Crippen LogP contribution in [0.25, 0.3) is 0 Å². The number of carbonyl (C=O) groups is 1. The minimum Gasteiger partial charge on any atom is -0.434 e. The van der Waals surface area contributed by atoms with Crippen LogP contribution in [0.3, 0.4) is 0 Å². The van der Waals surface area contributed by atoms with Crippen LogP contribution in [0.2, 0.25) is 0 Å². The van der Waals surface area contributed by atoms with Gasteiger partial charge in [0.1, 0.15) is 5.75 Å². The number of nitrogens with one attached hydrogen (secondary N) is 3. The third-order valence-corrected chi connectivity index (χ3v) is 4.25. The molecule has 2 aromatic rings. The van der Waals surface area contributed by atoms with Gasteiger partial charge in [-0.25, -0.2) is 0 Å². The maximum atomic E-state index is 12.6. The van der Waals surface area contributed by atoms with Crippen molar-refractivity contribution in [3.63, 3.8) is 0 Å². The van der Waals surface area contributed by atoms with E-state index in [1.54, 1.807) is 18.2 Å². The molecule has 0 aliphatic carbocycles. The van der Waals surface area contributed by atoms with Crippen molar-refractivity contribution in [1.29, 1.82) is 0 Å². The number of carbonyl (C=O) groups excluding carboxylic acids is 1. The zero-order valence-electron chi connectivity index (χ0n) is 14.2. The van der Waals surface area contributed by atoms with E-state index in [-0.39, 0.29) is 24.1 Å². The second-order valence-electron chi connectivity index (χ2n) is 5.81. The van der Waals surface area contributed by atoms with Gasteiger partial charge in [0.25, 0.3) is 5.91 Å². The van der Waals surface area contributed by atoms with Crippen molar-refractivity contribution in [3.05, 3.63) is 46.8 Å². The largest absolute Gasteiger partial charge is 0.434 e. The molecular formula is C17H21ClF2N4O2. The van der Waals surface area contributed by atoms with E-state index in [1.807, 2.05) is 6.92 Å². The van der Waals surface area contributed by atoms with E-state index in [9.17, 15) is 13.6 Å².